The highest BCUT2D eigenvalue weighted by molar-refractivity contribution is 6.03. The van der Waals surface area contributed by atoms with Gasteiger partial charge in [0.25, 0.3) is 0 Å². The Morgan fingerprint density at radius 3 is 2.56 bits per heavy atom. The summed E-state index contributed by atoms with van der Waals surface area (Å²) in [6, 6.07) is 17.8. The molecule has 2 aliphatic heterocycles. The van der Waals surface area contributed by atoms with E-state index in [1.807, 2.05) is 24.3 Å². The molecule has 4 nitrogen and oxygen atoms in total. The predicted molar refractivity (Wildman–Crippen MR) is 108 cm³/mol. The molecule has 2 aliphatic rings. The van der Waals surface area contributed by atoms with Crippen LogP contribution in [0.4, 0.5) is 0 Å². The Hall–Kier alpha value is -2.85. The lowest BCUT2D eigenvalue weighted by atomic mass is 10.00. The first kappa shape index (κ1) is 17.6. The molecule has 2 aromatic rings. The number of benzene rings is 2. The van der Waals surface area contributed by atoms with Crippen molar-refractivity contribution in [1.82, 2.24) is 4.90 Å². The first-order valence-corrected chi connectivity index (χ1v) is 9.41. The molecule has 27 heavy (non-hydrogen) atoms. The molecule has 4 rings (SSSR count). The molecule has 138 valence electrons. The second-order valence-electron chi connectivity index (χ2n) is 6.82. The zero-order chi connectivity index (χ0) is 18.6. The molecule has 0 aromatic heterocycles. The van der Waals surface area contributed by atoms with Gasteiger partial charge in [0.2, 0.25) is 0 Å². The first-order valence-electron chi connectivity index (χ1n) is 9.41. The molecule has 4 heteroatoms. The van der Waals surface area contributed by atoms with Crippen LogP contribution >= 0.6 is 0 Å². The maximum Gasteiger partial charge on any atom is 0.144 e. The van der Waals surface area contributed by atoms with Crippen LogP contribution < -0.4 is 0 Å². The van der Waals surface area contributed by atoms with E-state index in [0.717, 1.165) is 48.6 Å². The third-order valence-electron chi connectivity index (χ3n) is 5.11. The summed E-state index contributed by atoms with van der Waals surface area (Å²) in [5.74, 6) is 1.01. The van der Waals surface area contributed by atoms with Crippen molar-refractivity contribution in [3.05, 3.63) is 89.3 Å². The van der Waals surface area contributed by atoms with Crippen LogP contribution in [0.2, 0.25) is 0 Å². The van der Waals surface area contributed by atoms with E-state index in [-0.39, 0.29) is 5.75 Å². The van der Waals surface area contributed by atoms with Crippen LogP contribution in [-0.4, -0.2) is 35.6 Å². The van der Waals surface area contributed by atoms with Crippen LogP contribution in [0.25, 0.3) is 0 Å². The molecule has 0 amide bonds. The highest BCUT2D eigenvalue weighted by Crippen LogP contribution is 2.34. The van der Waals surface area contributed by atoms with Crippen LogP contribution in [0.3, 0.4) is 0 Å². The third kappa shape index (κ3) is 3.67. The lowest BCUT2D eigenvalue weighted by molar-refractivity contribution is 0.146. The van der Waals surface area contributed by atoms with Gasteiger partial charge in [-0.15, -0.1) is 0 Å². The van der Waals surface area contributed by atoms with Crippen LogP contribution in [0.15, 0.2) is 83.1 Å². The van der Waals surface area contributed by atoms with Crippen molar-refractivity contribution >= 4 is 5.84 Å². The van der Waals surface area contributed by atoms with Crippen molar-refractivity contribution in [2.45, 2.75) is 19.3 Å². The van der Waals surface area contributed by atoms with Crippen molar-refractivity contribution in [3.8, 4) is 5.75 Å². The second kappa shape index (κ2) is 7.80. The zero-order valence-corrected chi connectivity index (χ0v) is 15.4. The number of ether oxygens (including phenoxy) is 1. The molecule has 2 aromatic carbocycles. The fraction of sp³-hybridized carbons (Fsp3) is 0.261. The molecular weight excluding hydrogens is 336 g/mol. The number of hydrogen-bond donors (Lipinski definition) is 1. The summed E-state index contributed by atoms with van der Waals surface area (Å²) in [5.41, 5.74) is 5.19. The van der Waals surface area contributed by atoms with Gasteiger partial charge in [-0.25, -0.2) is 4.99 Å². The number of para-hydroxylation sites is 1. The Kier molecular flexibility index (Phi) is 5.07. The van der Waals surface area contributed by atoms with E-state index >= 15 is 0 Å². The first-order chi connectivity index (χ1) is 13.2. The molecule has 0 bridgehead atoms. The summed E-state index contributed by atoms with van der Waals surface area (Å²) in [4.78, 5) is 7.11. The van der Waals surface area contributed by atoms with E-state index in [1.54, 1.807) is 6.07 Å². The van der Waals surface area contributed by atoms with Gasteiger partial charge in [0.15, 0.2) is 0 Å². The third-order valence-corrected chi connectivity index (χ3v) is 5.11. The average Bonchev–Trinajstić information content (AvgIpc) is 2.94. The summed E-state index contributed by atoms with van der Waals surface area (Å²) in [7, 11) is 0. The molecule has 0 saturated carbocycles. The number of aliphatic imine (C=N–C) groups is 1. The van der Waals surface area contributed by atoms with Gasteiger partial charge in [0.1, 0.15) is 11.6 Å². The van der Waals surface area contributed by atoms with Crippen LogP contribution in [-0.2, 0) is 11.2 Å². The van der Waals surface area contributed by atoms with E-state index in [0.29, 0.717) is 13.2 Å². The summed E-state index contributed by atoms with van der Waals surface area (Å²) in [5, 5.41) is 10.4. The number of phenols is 1. The molecule has 0 aliphatic carbocycles. The molecule has 1 N–H and O–H groups in total. The molecule has 0 spiro atoms. The smallest absolute Gasteiger partial charge is 0.144 e. The van der Waals surface area contributed by atoms with Gasteiger partial charge in [-0.05, 0) is 36.1 Å². The SMILES string of the molecule is C=C1C2=C(CCOCC2)N=C(c2ccccc2O)N1CCc1ccccc1. The summed E-state index contributed by atoms with van der Waals surface area (Å²) in [6.45, 7) is 6.52. The summed E-state index contributed by atoms with van der Waals surface area (Å²) < 4.78 is 5.64. The largest absolute Gasteiger partial charge is 0.507 e. The van der Waals surface area contributed by atoms with E-state index in [9.17, 15) is 5.11 Å². The Bertz CT molecular complexity index is 900. The van der Waals surface area contributed by atoms with E-state index in [2.05, 4.69) is 35.7 Å². The van der Waals surface area contributed by atoms with Gasteiger partial charge in [0.05, 0.1) is 24.5 Å². The van der Waals surface area contributed by atoms with Crippen molar-refractivity contribution in [2.24, 2.45) is 4.99 Å². The zero-order valence-electron chi connectivity index (χ0n) is 15.4. The molecule has 0 saturated heterocycles. The molecule has 0 unspecified atom stereocenters. The van der Waals surface area contributed by atoms with Crippen molar-refractivity contribution < 1.29 is 9.84 Å². The minimum absolute atomic E-state index is 0.239. The standard InChI is InChI=1S/C23H24N2O2/c1-17-19-12-15-27-16-13-21(19)24-23(20-9-5-6-10-22(20)26)25(17)14-11-18-7-3-2-4-8-18/h2-10,26H,1,11-16H2. The molecule has 0 fully saturated rings. The molecule has 0 atom stereocenters. The van der Waals surface area contributed by atoms with E-state index in [1.165, 1.54) is 11.1 Å². The van der Waals surface area contributed by atoms with Crippen molar-refractivity contribution in [1.29, 1.82) is 0 Å². The van der Waals surface area contributed by atoms with E-state index < -0.39 is 0 Å². The predicted octanol–water partition coefficient (Wildman–Crippen LogP) is 4.28. The number of rotatable bonds is 4. The minimum atomic E-state index is 0.239. The summed E-state index contributed by atoms with van der Waals surface area (Å²) >= 11 is 0. The van der Waals surface area contributed by atoms with Crippen molar-refractivity contribution in [2.75, 3.05) is 19.8 Å². The van der Waals surface area contributed by atoms with Gasteiger partial charge in [-0.3, -0.25) is 0 Å². The van der Waals surface area contributed by atoms with Gasteiger partial charge in [-0.2, -0.15) is 0 Å². The van der Waals surface area contributed by atoms with Gasteiger partial charge < -0.3 is 14.7 Å². The maximum atomic E-state index is 10.4. The lowest BCUT2D eigenvalue weighted by Crippen LogP contribution is -2.36. The quantitative estimate of drug-likeness (QED) is 0.885. The lowest BCUT2D eigenvalue weighted by Gasteiger charge is -2.34. The summed E-state index contributed by atoms with van der Waals surface area (Å²) in [6.07, 6.45) is 2.48. The highest BCUT2D eigenvalue weighted by Gasteiger charge is 2.28. The van der Waals surface area contributed by atoms with Gasteiger partial charge >= 0.3 is 0 Å². The fourth-order valence-electron chi connectivity index (χ4n) is 3.65. The van der Waals surface area contributed by atoms with Crippen LogP contribution in [0.5, 0.6) is 5.75 Å². The van der Waals surface area contributed by atoms with Gasteiger partial charge in [0, 0.05) is 18.7 Å². The normalized spacial score (nSPS) is 17.4. The van der Waals surface area contributed by atoms with Crippen LogP contribution in [0, 0.1) is 0 Å². The topological polar surface area (TPSA) is 45.1 Å². The number of amidine groups is 1. The average molecular weight is 360 g/mol. The Morgan fingerprint density at radius 1 is 1.00 bits per heavy atom. The highest BCUT2D eigenvalue weighted by atomic mass is 16.5. The Morgan fingerprint density at radius 2 is 1.74 bits per heavy atom. The molecule has 0 radical (unpaired) electrons. The molecule has 2 heterocycles. The fourth-order valence-corrected chi connectivity index (χ4v) is 3.65. The Labute approximate surface area is 160 Å². The second-order valence-corrected chi connectivity index (χ2v) is 6.82. The number of nitrogens with zero attached hydrogens (tertiary/aromatic N) is 2. The van der Waals surface area contributed by atoms with Gasteiger partial charge in [-0.1, -0.05) is 49.0 Å². The monoisotopic (exact) mass is 360 g/mol. The minimum Gasteiger partial charge on any atom is -0.507 e. The van der Waals surface area contributed by atoms with Crippen molar-refractivity contribution in [3.63, 3.8) is 0 Å². The van der Waals surface area contributed by atoms with Crippen LogP contribution in [0.1, 0.15) is 24.0 Å². The maximum absolute atomic E-state index is 10.4. The number of aromatic hydroxyl groups is 1. The van der Waals surface area contributed by atoms with E-state index in [4.69, 9.17) is 9.73 Å². The number of allylic oxidation sites excluding steroid dienone is 1. The Balaban J connectivity index is 1.71. The number of phenolic OH excluding ortho intramolecular Hbond substituents is 1. The molecular formula is C23H24N2O2. The number of hydrogen-bond acceptors (Lipinski definition) is 4.